The van der Waals surface area contributed by atoms with Crippen molar-refractivity contribution in [3.8, 4) is 0 Å². The summed E-state index contributed by atoms with van der Waals surface area (Å²) in [6.07, 6.45) is 2.96. The Morgan fingerprint density at radius 1 is 1.05 bits per heavy atom. The third-order valence-electron chi connectivity index (χ3n) is 4.41. The normalized spacial score (nSPS) is 23.6. The van der Waals surface area contributed by atoms with Crippen molar-refractivity contribution in [2.75, 3.05) is 11.6 Å². The zero-order valence-electron chi connectivity index (χ0n) is 12.6. The minimum atomic E-state index is -0.296. The number of anilines is 1. The van der Waals surface area contributed by atoms with Crippen molar-refractivity contribution in [2.45, 2.75) is 45.3 Å². The topological polar surface area (TPSA) is 34.1 Å². The summed E-state index contributed by atoms with van der Waals surface area (Å²) in [6.45, 7) is 9.23. The van der Waals surface area contributed by atoms with Crippen LogP contribution in [0, 0.1) is 0 Å². The standard InChI is InChI=1S/C15H21BN2O2/c1-14(2)15(3,4)20-16(19-14)12-6-8-13(9-7-12)18-11-5-10-17-18/h6-10H,5,11H2,1-4H3. The van der Waals surface area contributed by atoms with Crippen LogP contribution in [0.5, 0.6) is 0 Å². The molecule has 0 aromatic heterocycles. The Labute approximate surface area is 120 Å². The van der Waals surface area contributed by atoms with Gasteiger partial charge in [0.2, 0.25) is 0 Å². The van der Waals surface area contributed by atoms with Gasteiger partial charge in [0.1, 0.15) is 0 Å². The summed E-state index contributed by atoms with van der Waals surface area (Å²) >= 11 is 0. The molecule has 0 saturated carbocycles. The molecule has 20 heavy (non-hydrogen) atoms. The summed E-state index contributed by atoms with van der Waals surface area (Å²) in [5.74, 6) is 0. The maximum absolute atomic E-state index is 6.05. The van der Waals surface area contributed by atoms with Gasteiger partial charge in [-0.2, -0.15) is 5.10 Å². The van der Waals surface area contributed by atoms with Crippen molar-refractivity contribution in [1.82, 2.24) is 0 Å². The van der Waals surface area contributed by atoms with Gasteiger partial charge >= 0.3 is 7.12 Å². The predicted molar refractivity (Wildman–Crippen MR) is 82.6 cm³/mol. The van der Waals surface area contributed by atoms with Crippen LogP contribution in [-0.2, 0) is 9.31 Å². The first-order valence-corrected chi connectivity index (χ1v) is 7.15. The van der Waals surface area contributed by atoms with Gasteiger partial charge in [-0.1, -0.05) is 12.1 Å². The Balaban J connectivity index is 1.77. The molecule has 0 spiro atoms. The molecule has 0 unspecified atom stereocenters. The maximum atomic E-state index is 6.05. The van der Waals surface area contributed by atoms with E-state index in [2.05, 4.69) is 57.1 Å². The lowest BCUT2D eigenvalue weighted by Crippen LogP contribution is -2.41. The Hall–Kier alpha value is -1.33. The number of hydrogen-bond donors (Lipinski definition) is 0. The highest BCUT2D eigenvalue weighted by Crippen LogP contribution is 2.36. The Kier molecular flexibility index (Phi) is 3.14. The van der Waals surface area contributed by atoms with Crippen molar-refractivity contribution in [3.63, 3.8) is 0 Å². The molecule has 0 radical (unpaired) electrons. The highest BCUT2D eigenvalue weighted by atomic mass is 16.7. The average molecular weight is 272 g/mol. The predicted octanol–water partition coefficient (Wildman–Crippen LogP) is 2.18. The fourth-order valence-corrected chi connectivity index (χ4v) is 2.37. The molecule has 4 nitrogen and oxygen atoms in total. The van der Waals surface area contributed by atoms with Crippen molar-refractivity contribution >= 4 is 24.5 Å². The van der Waals surface area contributed by atoms with E-state index in [9.17, 15) is 0 Å². The van der Waals surface area contributed by atoms with Crippen LogP contribution in [0.2, 0.25) is 0 Å². The first-order valence-electron chi connectivity index (χ1n) is 7.15. The van der Waals surface area contributed by atoms with Crippen molar-refractivity contribution < 1.29 is 9.31 Å². The molecule has 2 heterocycles. The van der Waals surface area contributed by atoms with E-state index < -0.39 is 0 Å². The van der Waals surface area contributed by atoms with Gasteiger partial charge in [-0.3, -0.25) is 5.01 Å². The second-order valence-electron chi connectivity index (χ2n) is 6.39. The van der Waals surface area contributed by atoms with Crippen molar-refractivity contribution in [1.29, 1.82) is 0 Å². The third kappa shape index (κ3) is 2.25. The van der Waals surface area contributed by atoms with Crippen LogP contribution in [0.4, 0.5) is 5.69 Å². The van der Waals surface area contributed by atoms with Crippen LogP contribution in [0.25, 0.3) is 0 Å². The largest absolute Gasteiger partial charge is 0.494 e. The summed E-state index contributed by atoms with van der Waals surface area (Å²) in [5, 5.41) is 6.33. The first kappa shape index (κ1) is 13.6. The second kappa shape index (κ2) is 4.60. The summed E-state index contributed by atoms with van der Waals surface area (Å²) in [4.78, 5) is 0. The van der Waals surface area contributed by atoms with Gasteiger partial charge in [-0.15, -0.1) is 0 Å². The number of hydrazone groups is 1. The molecule has 1 aromatic rings. The van der Waals surface area contributed by atoms with Crippen LogP contribution in [0.1, 0.15) is 34.1 Å². The molecule has 5 heteroatoms. The van der Waals surface area contributed by atoms with Crippen LogP contribution in [0.3, 0.4) is 0 Å². The highest BCUT2D eigenvalue weighted by molar-refractivity contribution is 6.62. The molecule has 0 N–H and O–H groups in total. The van der Waals surface area contributed by atoms with Crippen molar-refractivity contribution in [3.05, 3.63) is 24.3 Å². The first-order chi connectivity index (χ1) is 9.39. The number of benzene rings is 1. The van der Waals surface area contributed by atoms with Gasteiger partial charge < -0.3 is 9.31 Å². The van der Waals surface area contributed by atoms with Crippen LogP contribution in [-0.4, -0.2) is 31.1 Å². The lowest BCUT2D eigenvalue weighted by Gasteiger charge is -2.32. The monoisotopic (exact) mass is 272 g/mol. The molecule has 2 aliphatic rings. The quantitative estimate of drug-likeness (QED) is 0.774. The fourth-order valence-electron chi connectivity index (χ4n) is 2.37. The Morgan fingerprint density at radius 3 is 2.15 bits per heavy atom. The lowest BCUT2D eigenvalue weighted by atomic mass is 9.79. The smallest absolute Gasteiger partial charge is 0.399 e. The van der Waals surface area contributed by atoms with Gasteiger partial charge in [0.25, 0.3) is 0 Å². The zero-order chi connectivity index (χ0) is 14.4. The van der Waals surface area contributed by atoms with Gasteiger partial charge in [0.05, 0.1) is 16.9 Å². The lowest BCUT2D eigenvalue weighted by molar-refractivity contribution is 0.00578. The van der Waals surface area contributed by atoms with Crippen LogP contribution < -0.4 is 10.5 Å². The zero-order valence-corrected chi connectivity index (χ0v) is 12.6. The summed E-state index contributed by atoms with van der Waals surface area (Å²) in [5.41, 5.74) is 1.57. The second-order valence-corrected chi connectivity index (χ2v) is 6.39. The molecule has 0 amide bonds. The number of rotatable bonds is 2. The fraction of sp³-hybridized carbons (Fsp3) is 0.533. The van der Waals surface area contributed by atoms with Crippen LogP contribution >= 0.6 is 0 Å². The number of hydrogen-bond acceptors (Lipinski definition) is 4. The Bertz CT molecular complexity index is 509. The molecule has 1 fully saturated rings. The molecule has 1 saturated heterocycles. The van der Waals surface area contributed by atoms with E-state index in [1.807, 2.05) is 11.2 Å². The Morgan fingerprint density at radius 2 is 1.65 bits per heavy atom. The van der Waals surface area contributed by atoms with E-state index in [1.54, 1.807) is 0 Å². The van der Waals surface area contributed by atoms with E-state index in [4.69, 9.17) is 9.31 Å². The average Bonchev–Trinajstić information content (AvgIpc) is 2.97. The van der Waals surface area contributed by atoms with E-state index >= 15 is 0 Å². The molecule has 106 valence electrons. The van der Waals surface area contributed by atoms with E-state index in [1.165, 1.54) is 0 Å². The molecule has 0 bridgehead atoms. The van der Waals surface area contributed by atoms with Crippen LogP contribution in [0.15, 0.2) is 29.4 Å². The molecule has 3 rings (SSSR count). The maximum Gasteiger partial charge on any atom is 0.494 e. The van der Waals surface area contributed by atoms with Gasteiger partial charge in [-0.05, 0) is 45.3 Å². The summed E-state index contributed by atoms with van der Waals surface area (Å²) in [6, 6.07) is 8.27. The van der Waals surface area contributed by atoms with E-state index in [0.29, 0.717) is 0 Å². The molecule has 0 atom stereocenters. The third-order valence-corrected chi connectivity index (χ3v) is 4.41. The molecule has 1 aromatic carbocycles. The van der Waals surface area contributed by atoms with E-state index in [0.717, 1.165) is 24.1 Å². The summed E-state index contributed by atoms with van der Waals surface area (Å²) < 4.78 is 12.1. The van der Waals surface area contributed by atoms with Gasteiger partial charge in [0, 0.05) is 19.2 Å². The number of nitrogens with zero attached hydrogens (tertiary/aromatic N) is 2. The molecular weight excluding hydrogens is 251 g/mol. The molecule has 0 aliphatic carbocycles. The highest BCUT2D eigenvalue weighted by Gasteiger charge is 2.51. The molecular formula is C15H21BN2O2. The SMILES string of the molecule is CC1(C)OB(c2ccc(N3CCC=N3)cc2)OC1(C)C. The van der Waals surface area contributed by atoms with E-state index in [-0.39, 0.29) is 18.3 Å². The van der Waals surface area contributed by atoms with Crippen molar-refractivity contribution in [2.24, 2.45) is 5.10 Å². The minimum Gasteiger partial charge on any atom is -0.399 e. The minimum absolute atomic E-state index is 0.295. The van der Waals surface area contributed by atoms with Gasteiger partial charge in [-0.25, -0.2) is 0 Å². The van der Waals surface area contributed by atoms with Gasteiger partial charge in [0.15, 0.2) is 0 Å². The molecule has 2 aliphatic heterocycles. The summed E-state index contributed by atoms with van der Waals surface area (Å²) in [7, 11) is -0.295.